The maximum Gasteiger partial charge on any atom is 0.404 e. The predicted molar refractivity (Wildman–Crippen MR) is 72.4 cm³/mol. The van der Waals surface area contributed by atoms with E-state index in [1.165, 1.54) is 4.31 Å². The summed E-state index contributed by atoms with van der Waals surface area (Å²) in [6, 6.07) is 6.64. The molecule has 1 aliphatic rings. The third-order valence-corrected chi connectivity index (χ3v) is 5.76. The molecule has 104 valence electrons. The van der Waals surface area contributed by atoms with Crippen molar-refractivity contribution in [2.75, 3.05) is 19.6 Å². The molecule has 1 aromatic rings. The van der Waals surface area contributed by atoms with E-state index in [9.17, 15) is 13.2 Å². The summed E-state index contributed by atoms with van der Waals surface area (Å²) in [4.78, 5) is 10.6. The lowest BCUT2D eigenvalue weighted by atomic mass is 10.0. The highest BCUT2D eigenvalue weighted by Gasteiger charge is 2.37. The van der Waals surface area contributed by atoms with Crippen molar-refractivity contribution < 1.29 is 18.3 Å². The predicted octanol–water partition coefficient (Wildman–Crippen LogP) is 1.34. The van der Waals surface area contributed by atoms with Crippen molar-refractivity contribution in [2.45, 2.75) is 4.90 Å². The van der Waals surface area contributed by atoms with Crippen LogP contribution < -0.4 is 5.32 Å². The van der Waals surface area contributed by atoms with Crippen molar-refractivity contribution >= 4 is 32.0 Å². The molecule has 8 heteroatoms. The number of nitrogens with zero attached hydrogens (tertiary/aromatic N) is 1. The molecule has 0 unspecified atom stereocenters. The van der Waals surface area contributed by atoms with Crippen molar-refractivity contribution in [1.29, 1.82) is 0 Å². The van der Waals surface area contributed by atoms with E-state index in [1.54, 1.807) is 24.3 Å². The Morgan fingerprint density at radius 1 is 1.42 bits per heavy atom. The van der Waals surface area contributed by atoms with Crippen LogP contribution in [0.2, 0.25) is 0 Å². The van der Waals surface area contributed by atoms with Gasteiger partial charge in [-0.2, -0.15) is 4.31 Å². The van der Waals surface area contributed by atoms with Crippen molar-refractivity contribution in [3.8, 4) is 0 Å². The van der Waals surface area contributed by atoms with Crippen LogP contribution in [0.15, 0.2) is 33.6 Å². The van der Waals surface area contributed by atoms with E-state index in [-0.39, 0.29) is 17.4 Å². The zero-order valence-electron chi connectivity index (χ0n) is 9.91. The molecule has 0 aliphatic carbocycles. The number of amides is 1. The van der Waals surface area contributed by atoms with E-state index in [0.717, 1.165) is 0 Å². The lowest BCUT2D eigenvalue weighted by Gasteiger charge is -2.38. The molecule has 1 heterocycles. The quantitative estimate of drug-likeness (QED) is 0.859. The third kappa shape index (κ3) is 3.07. The van der Waals surface area contributed by atoms with Gasteiger partial charge < -0.3 is 10.4 Å². The van der Waals surface area contributed by atoms with Crippen LogP contribution in [0.1, 0.15) is 0 Å². The van der Waals surface area contributed by atoms with Gasteiger partial charge >= 0.3 is 6.09 Å². The van der Waals surface area contributed by atoms with Crippen LogP contribution in [0.4, 0.5) is 4.79 Å². The number of benzene rings is 1. The summed E-state index contributed by atoms with van der Waals surface area (Å²) < 4.78 is 26.4. The molecule has 2 rings (SSSR count). The largest absolute Gasteiger partial charge is 0.465 e. The molecule has 6 nitrogen and oxygen atoms in total. The van der Waals surface area contributed by atoms with Crippen molar-refractivity contribution in [3.63, 3.8) is 0 Å². The minimum Gasteiger partial charge on any atom is -0.465 e. The SMILES string of the molecule is O=C(O)NCC1CN(S(=O)(=O)c2ccccc2Br)C1. The molecule has 1 amide bonds. The Morgan fingerprint density at radius 3 is 2.63 bits per heavy atom. The molecule has 1 fully saturated rings. The van der Waals surface area contributed by atoms with Gasteiger partial charge in [-0.3, -0.25) is 0 Å². The molecule has 1 saturated heterocycles. The first kappa shape index (κ1) is 14.3. The molecule has 2 N–H and O–H groups in total. The van der Waals surface area contributed by atoms with Gasteiger partial charge in [-0.1, -0.05) is 12.1 Å². The second-order valence-electron chi connectivity index (χ2n) is 4.30. The topological polar surface area (TPSA) is 86.7 Å². The summed E-state index contributed by atoms with van der Waals surface area (Å²) in [7, 11) is -3.49. The van der Waals surface area contributed by atoms with Crippen LogP contribution in [-0.4, -0.2) is 43.6 Å². The fourth-order valence-electron chi connectivity index (χ4n) is 1.87. The molecular weight excluding hydrogens is 336 g/mol. The lowest BCUT2D eigenvalue weighted by Crippen LogP contribution is -2.53. The molecule has 0 atom stereocenters. The number of sulfonamides is 1. The van der Waals surface area contributed by atoms with E-state index in [0.29, 0.717) is 17.6 Å². The van der Waals surface area contributed by atoms with Gasteiger partial charge in [0.15, 0.2) is 0 Å². The smallest absolute Gasteiger partial charge is 0.404 e. The van der Waals surface area contributed by atoms with Gasteiger partial charge in [-0.15, -0.1) is 0 Å². The van der Waals surface area contributed by atoms with Gasteiger partial charge in [0.25, 0.3) is 0 Å². The van der Waals surface area contributed by atoms with Crippen LogP contribution in [0.5, 0.6) is 0 Å². The Morgan fingerprint density at radius 2 is 2.05 bits per heavy atom. The average Bonchev–Trinajstić information content (AvgIpc) is 2.26. The maximum atomic E-state index is 12.3. The first-order valence-electron chi connectivity index (χ1n) is 5.62. The van der Waals surface area contributed by atoms with Gasteiger partial charge in [0.1, 0.15) is 0 Å². The van der Waals surface area contributed by atoms with Crippen LogP contribution in [0.25, 0.3) is 0 Å². The minimum atomic E-state index is -3.49. The number of carbonyl (C=O) groups is 1. The summed E-state index contributed by atoms with van der Waals surface area (Å²) in [5.74, 6) is 0.0355. The molecule has 19 heavy (non-hydrogen) atoms. The van der Waals surface area contributed by atoms with Gasteiger partial charge in [0, 0.05) is 30.0 Å². The zero-order chi connectivity index (χ0) is 14.0. The van der Waals surface area contributed by atoms with Crippen LogP contribution in [0, 0.1) is 5.92 Å². The van der Waals surface area contributed by atoms with E-state index in [4.69, 9.17) is 5.11 Å². The van der Waals surface area contributed by atoms with Crippen molar-refractivity contribution in [3.05, 3.63) is 28.7 Å². The Labute approximate surface area is 119 Å². The van der Waals surface area contributed by atoms with E-state index in [1.807, 2.05) is 0 Å². The summed E-state index contributed by atoms with van der Waals surface area (Å²) in [6.45, 7) is 0.950. The molecular formula is C11H13BrN2O4S. The number of halogens is 1. The summed E-state index contributed by atoms with van der Waals surface area (Å²) in [5.41, 5.74) is 0. The number of nitrogens with one attached hydrogen (secondary N) is 1. The van der Waals surface area contributed by atoms with Crippen LogP contribution >= 0.6 is 15.9 Å². The van der Waals surface area contributed by atoms with Gasteiger partial charge in [-0.25, -0.2) is 13.2 Å². The van der Waals surface area contributed by atoms with E-state index < -0.39 is 16.1 Å². The molecule has 0 spiro atoms. The Bertz CT molecular complexity index is 584. The standard InChI is InChI=1S/C11H13BrN2O4S/c12-9-3-1-2-4-10(9)19(17,18)14-6-8(7-14)5-13-11(15)16/h1-4,8,13H,5-7H2,(H,15,16). The van der Waals surface area contributed by atoms with Gasteiger partial charge in [0.05, 0.1) is 4.90 Å². The maximum absolute atomic E-state index is 12.3. The third-order valence-electron chi connectivity index (χ3n) is 2.92. The van der Waals surface area contributed by atoms with Crippen molar-refractivity contribution in [2.24, 2.45) is 5.92 Å². The fourth-order valence-corrected chi connectivity index (χ4v) is 4.43. The molecule has 1 aromatic carbocycles. The molecule has 1 aliphatic heterocycles. The summed E-state index contributed by atoms with van der Waals surface area (Å²) >= 11 is 3.22. The highest BCUT2D eigenvalue weighted by molar-refractivity contribution is 9.10. The van der Waals surface area contributed by atoms with Crippen LogP contribution in [0.3, 0.4) is 0 Å². The highest BCUT2D eigenvalue weighted by Crippen LogP contribution is 2.29. The van der Waals surface area contributed by atoms with Crippen molar-refractivity contribution in [1.82, 2.24) is 9.62 Å². The number of hydrogen-bond donors (Lipinski definition) is 2. The Hall–Kier alpha value is -1.12. The molecule has 0 saturated carbocycles. The van der Waals surface area contributed by atoms with E-state index in [2.05, 4.69) is 21.2 Å². The molecule has 0 aromatic heterocycles. The summed E-state index contributed by atoms with van der Waals surface area (Å²) in [5, 5.41) is 10.7. The molecule has 0 bridgehead atoms. The average molecular weight is 349 g/mol. The van der Waals surface area contributed by atoms with Crippen LogP contribution in [-0.2, 0) is 10.0 Å². The fraction of sp³-hybridized carbons (Fsp3) is 0.364. The van der Waals surface area contributed by atoms with Gasteiger partial charge in [0.2, 0.25) is 10.0 Å². The Kier molecular flexibility index (Phi) is 4.12. The zero-order valence-corrected chi connectivity index (χ0v) is 12.3. The second kappa shape index (κ2) is 5.48. The lowest BCUT2D eigenvalue weighted by molar-refractivity contribution is 0.172. The minimum absolute atomic E-state index is 0.0355. The Balaban J connectivity index is 2.01. The summed E-state index contributed by atoms with van der Waals surface area (Å²) in [6.07, 6.45) is -1.09. The second-order valence-corrected chi connectivity index (χ2v) is 7.07. The highest BCUT2D eigenvalue weighted by atomic mass is 79.9. The van der Waals surface area contributed by atoms with E-state index >= 15 is 0 Å². The first-order chi connectivity index (χ1) is 8.91. The normalized spacial score (nSPS) is 16.9. The first-order valence-corrected chi connectivity index (χ1v) is 7.86. The molecule has 0 radical (unpaired) electrons. The number of rotatable bonds is 4. The number of carboxylic acid groups (broad SMARTS) is 1. The van der Waals surface area contributed by atoms with Gasteiger partial charge in [-0.05, 0) is 28.1 Å². The number of hydrogen-bond acceptors (Lipinski definition) is 3. The monoisotopic (exact) mass is 348 g/mol.